The van der Waals surface area contributed by atoms with Gasteiger partial charge in [-0.25, -0.2) is 4.39 Å². The molecule has 140 valence electrons. The molecule has 0 saturated heterocycles. The molecule has 0 bridgehead atoms. The fourth-order valence-corrected chi connectivity index (χ4v) is 2.82. The fraction of sp³-hybridized carbons (Fsp3) is 0.0476. The molecule has 28 heavy (non-hydrogen) atoms. The zero-order chi connectivity index (χ0) is 19.5. The summed E-state index contributed by atoms with van der Waals surface area (Å²) >= 11 is 0. The Kier molecular flexibility index (Phi) is 4.63. The Morgan fingerprint density at radius 3 is 2.50 bits per heavy atom. The number of hydrazine groups is 1. The lowest BCUT2D eigenvalue weighted by atomic mass is 10.1. The van der Waals surface area contributed by atoms with Crippen molar-refractivity contribution in [1.29, 1.82) is 0 Å². The van der Waals surface area contributed by atoms with E-state index in [2.05, 4.69) is 10.9 Å². The van der Waals surface area contributed by atoms with Crippen LogP contribution in [0, 0.1) is 5.82 Å². The number of benzene rings is 3. The molecular formula is C21H15FN2O4. The van der Waals surface area contributed by atoms with Gasteiger partial charge in [0.2, 0.25) is 0 Å². The number of halogens is 1. The van der Waals surface area contributed by atoms with E-state index in [1.54, 1.807) is 18.2 Å². The van der Waals surface area contributed by atoms with Gasteiger partial charge in [-0.1, -0.05) is 30.3 Å². The topological polar surface area (TPSA) is 80.6 Å². The van der Waals surface area contributed by atoms with Gasteiger partial charge in [0.15, 0.2) is 6.61 Å². The molecule has 0 unspecified atom stereocenters. The maximum atomic E-state index is 13.5. The first-order valence-electron chi connectivity index (χ1n) is 8.49. The van der Waals surface area contributed by atoms with Crippen LogP contribution in [0.5, 0.6) is 5.75 Å². The molecule has 3 aromatic carbocycles. The Labute approximate surface area is 158 Å². The van der Waals surface area contributed by atoms with Crippen LogP contribution in [0.25, 0.3) is 21.9 Å². The van der Waals surface area contributed by atoms with Gasteiger partial charge in [-0.15, -0.1) is 0 Å². The van der Waals surface area contributed by atoms with Crippen LogP contribution in [0.1, 0.15) is 10.4 Å². The molecule has 0 atom stereocenters. The van der Waals surface area contributed by atoms with Crippen LogP contribution < -0.4 is 15.6 Å². The molecule has 6 nitrogen and oxygen atoms in total. The van der Waals surface area contributed by atoms with Crippen molar-refractivity contribution in [2.75, 3.05) is 6.61 Å². The third-order valence-corrected chi connectivity index (χ3v) is 4.15. The second-order valence-corrected chi connectivity index (χ2v) is 6.03. The summed E-state index contributed by atoms with van der Waals surface area (Å²) < 4.78 is 24.8. The first-order chi connectivity index (χ1) is 13.6. The van der Waals surface area contributed by atoms with Gasteiger partial charge in [-0.2, -0.15) is 0 Å². The van der Waals surface area contributed by atoms with Crippen molar-refractivity contribution in [3.63, 3.8) is 0 Å². The number of furan rings is 1. The zero-order valence-corrected chi connectivity index (χ0v) is 14.6. The van der Waals surface area contributed by atoms with Gasteiger partial charge < -0.3 is 9.15 Å². The predicted molar refractivity (Wildman–Crippen MR) is 101 cm³/mol. The highest BCUT2D eigenvalue weighted by molar-refractivity contribution is 6.05. The predicted octanol–water partition coefficient (Wildman–Crippen LogP) is 3.57. The van der Waals surface area contributed by atoms with Crippen LogP contribution in [0.4, 0.5) is 4.39 Å². The van der Waals surface area contributed by atoms with Gasteiger partial charge in [0.05, 0.1) is 5.56 Å². The number of hydrogen-bond acceptors (Lipinski definition) is 4. The number of amides is 2. The first-order valence-corrected chi connectivity index (χ1v) is 8.49. The average molecular weight is 378 g/mol. The number of nitrogens with one attached hydrogen (secondary N) is 2. The van der Waals surface area contributed by atoms with Gasteiger partial charge in [0.1, 0.15) is 22.7 Å². The molecule has 1 heterocycles. The Hall–Kier alpha value is -3.87. The third kappa shape index (κ3) is 3.50. The molecule has 0 spiro atoms. The highest BCUT2D eigenvalue weighted by Crippen LogP contribution is 2.31. The molecular weight excluding hydrogens is 363 g/mol. The van der Waals surface area contributed by atoms with Crippen LogP contribution in [0.3, 0.4) is 0 Å². The van der Waals surface area contributed by atoms with Crippen molar-refractivity contribution in [3.05, 3.63) is 78.1 Å². The summed E-state index contributed by atoms with van der Waals surface area (Å²) in [4.78, 5) is 23.8. The Balaban J connectivity index is 1.37. The van der Waals surface area contributed by atoms with Gasteiger partial charge in [-0.3, -0.25) is 20.4 Å². The minimum atomic E-state index is -0.752. The van der Waals surface area contributed by atoms with Crippen molar-refractivity contribution in [2.24, 2.45) is 0 Å². The van der Waals surface area contributed by atoms with E-state index in [9.17, 15) is 14.0 Å². The number of carbonyl (C=O) groups excluding carboxylic acids is 2. The van der Waals surface area contributed by atoms with Gasteiger partial charge >= 0.3 is 0 Å². The smallest absolute Gasteiger partial charge is 0.276 e. The summed E-state index contributed by atoms with van der Waals surface area (Å²) in [5, 5.41) is 1.82. The van der Waals surface area contributed by atoms with Gasteiger partial charge in [0.25, 0.3) is 11.8 Å². The van der Waals surface area contributed by atoms with E-state index in [1.165, 1.54) is 18.2 Å². The zero-order valence-electron chi connectivity index (χ0n) is 14.6. The van der Waals surface area contributed by atoms with Crippen LogP contribution in [0.2, 0.25) is 0 Å². The number of ether oxygens (including phenoxy) is 1. The molecule has 2 N–H and O–H groups in total. The van der Waals surface area contributed by atoms with E-state index in [1.807, 2.05) is 24.3 Å². The van der Waals surface area contributed by atoms with Crippen LogP contribution in [-0.2, 0) is 4.79 Å². The van der Waals surface area contributed by atoms with E-state index in [0.29, 0.717) is 5.75 Å². The minimum absolute atomic E-state index is 0.166. The van der Waals surface area contributed by atoms with Crippen LogP contribution in [-0.4, -0.2) is 18.4 Å². The van der Waals surface area contributed by atoms with Crippen LogP contribution in [0.15, 0.2) is 71.1 Å². The summed E-state index contributed by atoms with van der Waals surface area (Å²) in [7, 11) is 0. The van der Waals surface area contributed by atoms with E-state index < -0.39 is 17.6 Å². The van der Waals surface area contributed by atoms with E-state index in [0.717, 1.165) is 28.0 Å². The highest BCUT2D eigenvalue weighted by Gasteiger charge is 2.12. The normalized spacial score (nSPS) is 10.8. The summed E-state index contributed by atoms with van der Waals surface area (Å²) in [5.41, 5.74) is 5.66. The number of hydrogen-bond donors (Lipinski definition) is 2. The number of rotatable bonds is 4. The number of fused-ring (bicyclic) bond motifs is 3. The van der Waals surface area contributed by atoms with Crippen molar-refractivity contribution in [3.8, 4) is 5.75 Å². The number of para-hydroxylation sites is 1. The first kappa shape index (κ1) is 17.5. The van der Waals surface area contributed by atoms with E-state index in [-0.39, 0.29) is 12.2 Å². The number of carbonyl (C=O) groups is 2. The highest BCUT2D eigenvalue weighted by atomic mass is 19.1. The SMILES string of the molecule is O=C(COc1ccc2oc3ccccc3c2c1)NNC(=O)c1ccccc1F. The second-order valence-electron chi connectivity index (χ2n) is 6.03. The van der Waals surface area contributed by atoms with E-state index >= 15 is 0 Å². The summed E-state index contributed by atoms with van der Waals surface area (Å²) in [6, 6.07) is 18.3. The lowest BCUT2D eigenvalue weighted by molar-refractivity contribution is -0.123. The molecule has 0 fully saturated rings. The minimum Gasteiger partial charge on any atom is -0.484 e. The lowest BCUT2D eigenvalue weighted by Gasteiger charge is -2.09. The summed E-state index contributed by atoms with van der Waals surface area (Å²) in [5.74, 6) is -1.53. The van der Waals surface area contributed by atoms with Crippen molar-refractivity contribution < 1.29 is 23.1 Å². The quantitative estimate of drug-likeness (QED) is 0.532. The molecule has 0 aliphatic rings. The van der Waals surface area contributed by atoms with Gasteiger partial charge in [0, 0.05) is 10.8 Å². The molecule has 7 heteroatoms. The lowest BCUT2D eigenvalue weighted by Crippen LogP contribution is -2.44. The average Bonchev–Trinajstić information content (AvgIpc) is 3.09. The maximum absolute atomic E-state index is 13.5. The third-order valence-electron chi connectivity index (χ3n) is 4.15. The Morgan fingerprint density at radius 2 is 1.64 bits per heavy atom. The van der Waals surface area contributed by atoms with Gasteiger partial charge in [-0.05, 0) is 36.4 Å². The van der Waals surface area contributed by atoms with Crippen molar-refractivity contribution in [2.45, 2.75) is 0 Å². The van der Waals surface area contributed by atoms with Crippen LogP contribution >= 0.6 is 0 Å². The summed E-state index contributed by atoms with van der Waals surface area (Å²) in [6.07, 6.45) is 0. The monoisotopic (exact) mass is 378 g/mol. The largest absolute Gasteiger partial charge is 0.484 e. The maximum Gasteiger partial charge on any atom is 0.276 e. The molecule has 0 aliphatic carbocycles. The van der Waals surface area contributed by atoms with Crippen molar-refractivity contribution >= 4 is 33.8 Å². The molecule has 0 saturated carbocycles. The van der Waals surface area contributed by atoms with Crippen molar-refractivity contribution in [1.82, 2.24) is 10.9 Å². The fourth-order valence-electron chi connectivity index (χ4n) is 2.82. The second kappa shape index (κ2) is 7.40. The molecule has 0 radical (unpaired) electrons. The molecule has 4 rings (SSSR count). The molecule has 0 aliphatic heterocycles. The Bertz CT molecular complexity index is 1190. The standard InChI is InChI=1S/C21H15FN2O4/c22-17-7-3-1-6-15(17)21(26)24-23-20(25)12-27-13-9-10-19-16(11-13)14-5-2-4-8-18(14)28-19/h1-11H,12H2,(H,23,25)(H,24,26). The van der Waals surface area contributed by atoms with E-state index in [4.69, 9.17) is 9.15 Å². The molecule has 1 aromatic heterocycles. The Morgan fingerprint density at radius 1 is 0.893 bits per heavy atom. The summed E-state index contributed by atoms with van der Waals surface area (Å²) in [6.45, 7) is -0.321. The molecule has 4 aromatic rings. The molecule has 2 amide bonds.